The van der Waals surface area contributed by atoms with Crippen molar-refractivity contribution in [3.63, 3.8) is 0 Å². The van der Waals surface area contributed by atoms with Crippen molar-refractivity contribution < 1.29 is 14.2 Å². The molecule has 3 aromatic rings. The number of ether oxygens (including phenoxy) is 3. The Morgan fingerprint density at radius 2 is 1.93 bits per heavy atom. The molecule has 0 aliphatic carbocycles. The molecule has 3 heterocycles. The average Bonchev–Trinajstić information content (AvgIpc) is 3.15. The van der Waals surface area contributed by atoms with E-state index in [2.05, 4.69) is 20.5 Å². The number of aromatic amines is 1. The summed E-state index contributed by atoms with van der Waals surface area (Å²) in [4.78, 5) is 11.5. The molecule has 0 bridgehead atoms. The highest BCUT2D eigenvalue weighted by molar-refractivity contribution is 5.67. The van der Waals surface area contributed by atoms with Crippen LogP contribution < -0.4 is 19.7 Å². The van der Waals surface area contributed by atoms with E-state index in [9.17, 15) is 0 Å². The van der Waals surface area contributed by atoms with Gasteiger partial charge < -0.3 is 24.4 Å². The highest BCUT2D eigenvalue weighted by atomic mass is 16.6. The van der Waals surface area contributed by atoms with Gasteiger partial charge in [0.1, 0.15) is 24.8 Å². The standard InChI is InChI=1S/C20H24N6O3/c1-13-10-18(25-24-13)21-17-12-19(26(2)6-7-27-3)23-20(22-17)14-4-5-15-16(11-14)29-9-8-28-15/h4-5,10-12H,6-9H2,1-3H3,(H2,21,22,23,24,25). The Hall–Kier alpha value is -3.33. The van der Waals surface area contributed by atoms with Crippen LogP contribution in [0.15, 0.2) is 30.3 Å². The van der Waals surface area contributed by atoms with Gasteiger partial charge in [-0.1, -0.05) is 0 Å². The van der Waals surface area contributed by atoms with Crippen LogP contribution in [0.5, 0.6) is 11.5 Å². The Balaban J connectivity index is 1.70. The van der Waals surface area contributed by atoms with Gasteiger partial charge in [-0.15, -0.1) is 0 Å². The van der Waals surface area contributed by atoms with Gasteiger partial charge in [-0.2, -0.15) is 5.10 Å². The summed E-state index contributed by atoms with van der Waals surface area (Å²) in [5.41, 5.74) is 1.81. The van der Waals surface area contributed by atoms with E-state index in [0.717, 1.165) is 22.8 Å². The first-order valence-corrected chi connectivity index (χ1v) is 9.40. The minimum atomic E-state index is 0.530. The molecule has 1 aliphatic heterocycles. The highest BCUT2D eigenvalue weighted by Crippen LogP contribution is 2.34. The number of benzene rings is 1. The Labute approximate surface area is 169 Å². The number of rotatable bonds is 7. The molecule has 0 saturated carbocycles. The van der Waals surface area contributed by atoms with E-state index in [4.69, 9.17) is 19.2 Å². The molecule has 0 atom stereocenters. The Morgan fingerprint density at radius 3 is 2.69 bits per heavy atom. The van der Waals surface area contributed by atoms with Crippen LogP contribution in [0.2, 0.25) is 0 Å². The van der Waals surface area contributed by atoms with Crippen molar-refractivity contribution in [2.24, 2.45) is 0 Å². The van der Waals surface area contributed by atoms with E-state index in [1.807, 2.05) is 49.2 Å². The second-order valence-electron chi connectivity index (χ2n) is 6.77. The molecule has 29 heavy (non-hydrogen) atoms. The van der Waals surface area contributed by atoms with Crippen molar-refractivity contribution in [3.8, 4) is 22.9 Å². The molecule has 4 rings (SSSR count). The van der Waals surface area contributed by atoms with Gasteiger partial charge in [0.2, 0.25) is 0 Å². The lowest BCUT2D eigenvalue weighted by molar-refractivity contribution is 0.171. The summed E-state index contributed by atoms with van der Waals surface area (Å²) in [6.07, 6.45) is 0. The van der Waals surface area contributed by atoms with Crippen LogP contribution in [0.3, 0.4) is 0 Å². The molecule has 1 aliphatic rings. The maximum Gasteiger partial charge on any atom is 0.164 e. The predicted octanol–water partition coefficient (Wildman–Crippen LogP) is 2.77. The molecular weight excluding hydrogens is 372 g/mol. The van der Waals surface area contributed by atoms with Crippen molar-refractivity contribution in [3.05, 3.63) is 36.0 Å². The van der Waals surface area contributed by atoms with Gasteiger partial charge in [-0.05, 0) is 25.1 Å². The summed E-state index contributed by atoms with van der Waals surface area (Å²) < 4.78 is 16.5. The zero-order valence-corrected chi connectivity index (χ0v) is 16.7. The number of fused-ring (bicyclic) bond motifs is 1. The third-order valence-electron chi connectivity index (χ3n) is 4.50. The number of methoxy groups -OCH3 is 1. The summed E-state index contributed by atoms with van der Waals surface area (Å²) in [5, 5.41) is 10.4. The minimum Gasteiger partial charge on any atom is -0.486 e. The van der Waals surface area contributed by atoms with E-state index in [-0.39, 0.29) is 0 Å². The Bertz CT molecular complexity index is 990. The van der Waals surface area contributed by atoms with Crippen molar-refractivity contribution >= 4 is 17.5 Å². The van der Waals surface area contributed by atoms with Gasteiger partial charge in [0.15, 0.2) is 23.1 Å². The summed E-state index contributed by atoms with van der Waals surface area (Å²) in [6, 6.07) is 9.54. The Kier molecular flexibility index (Phi) is 5.48. The van der Waals surface area contributed by atoms with Gasteiger partial charge in [0, 0.05) is 44.1 Å². The van der Waals surface area contributed by atoms with Crippen LogP contribution in [0, 0.1) is 6.92 Å². The quantitative estimate of drug-likeness (QED) is 0.629. The molecule has 0 radical (unpaired) electrons. The van der Waals surface area contributed by atoms with Gasteiger partial charge in [0.05, 0.1) is 6.61 Å². The fourth-order valence-electron chi connectivity index (χ4n) is 2.96. The lowest BCUT2D eigenvalue weighted by Crippen LogP contribution is -2.23. The van der Waals surface area contributed by atoms with Gasteiger partial charge in [-0.25, -0.2) is 9.97 Å². The smallest absolute Gasteiger partial charge is 0.164 e. The molecule has 152 valence electrons. The number of likely N-dealkylation sites (N-methyl/N-ethyl adjacent to an activating group) is 1. The first kappa shape index (κ1) is 19.0. The molecule has 0 saturated heterocycles. The maximum atomic E-state index is 5.71. The molecule has 0 amide bonds. The zero-order chi connectivity index (χ0) is 20.2. The molecule has 0 spiro atoms. The minimum absolute atomic E-state index is 0.530. The summed E-state index contributed by atoms with van der Waals surface area (Å²) in [6.45, 7) is 4.33. The second kappa shape index (κ2) is 8.36. The van der Waals surface area contributed by atoms with E-state index in [1.165, 1.54) is 0 Å². The number of hydrogen-bond donors (Lipinski definition) is 2. The molecule has 9 heteroatoms. The average molecular weight is 396 g/mol. The molecule has 0 fully saturated rings. The molecule has 0 unspecified atom stereocenters. The number of H-pyrrole nitrogens is 1. The monoisotopic (exact) mass is 396 g/mol. The van der Waals surface area contributed by atoms with Crippen LogP contribution in [-0.4, -0.2) is 60.7 Å². The number of nitrogens with one attached hydrogen (secondary N) is 2. The van der Waals surface area contributed by atoms with Crippen molar-refractivity contribution in [2.45, 2.75) is 6.92 Å². The van der Waals surface area contributed by atoms with Crippen molar-refractivity contribution in [1.29, 1.82) is 0 Å². The number of hydrogen-bond acceptors (Lipinski definition) is 8. The fraction of sp³-hybridized carbons (Fsp3) is 0.350. The second-order valence-corrected chi connectivity index (χ2v) is 6.77. The molecule has 9 nitrogen and oxygen atoms in total. The third kappa shape index (κ3) is 4.40. The lowest BCUT2D eigenvalue weighted by atomic mass is 10.2. The van der Waals surface area contributed by atoms with E-state index in [0.29, 0.717) is 49.6 Å². The topological polar surface area (TPSA) is 97.4 Å². The molecular formula is C20H24N6O3. The van der Waals surface area contributed by atoms with Gasteiger partial charge in [0.25, 0.3) is 0 Å². The summed E-state index contributed by atoms with van der Waals surface area (Å²) in [5.74, 6) is 4.14. The first-order chi connectivity index (χ1) is 14.1. The summed E-state index contributed by atoms with van der Waals surface area (Å²) >= 11 is 0. The number of aryl methyl sites for hydroxylation is 1. The zero-order valence-electron chi connectivity index (χ0n) is 16.7. The largest absolute Gasteiger partial charge is 0.486 e. The Morgan fingerprint density at radius 1 is 1.10 bits per heavy atom. The van der Waals surface area contributed by atoms with Crippen molar-refractivity contribution in [2.75, 3.05) is 50.7 Å². The van der Waals surface area contributed by atoms with Crippen LogP contribution in [0.1, 0.15) is 5.69 Å². The van der Waals surface area contributed by atoms with Crippen LogP contribution >= 0.6 is 0 Å². The van der Waals surface area contributed by atoms with Gasteiger partial charge in [-0.3, -0.25) is 5.10 Å². The number of nitrogens with zero attached hydrogens (tertiary/aromatic N) is 4. The third-order valence-corrected chi connectivity index (χ3v) is 4.50. The molecule has 2 aromatic heterocycles. The number of aromatic nitrogens is 4. The SMILES string of the molecule is COCCN(C)c1cc(Nc2cc(C)[nH]n2)nc(-c2ccc3c(c2)OCCO3)n1. The van der Waals surface area contributed by atoms with Crippen LogP contribution in [-0.2, 0) is 4.74 Å². The van der Waals surface area contributed by atoms with E-state index >= 15 is 0 Å². The first-order valence-electron chi connectivity index (χ1n) is 9.40. The van der Waals surface area contributed by atoms with Gasteiger partial charge >= 0.3 is 0 Å². The van der Waals surface area contributed by atoms with Crippen LogP contribution in [0.25, 0.3) is 11.4 Å². The molecule has 1 aromatic carbocycles. The maximum absolute atomic E-state index is 5.71. The van der Waals surface area contributed by atoms with E-state index in [1.54, 1.807) is 7.11 Å². The highest BCUT2D eigenvalue weighted by Gasteiger charge is 2.16. The lowest BCUT2D eigenvalue weighted by Gasteiger charge is -2.20. The van der Waals surface area contributed by atoms with E-state index < -0.39 is 0 Å². The van der Waals surface area contributed by atoms with Crippen molar-refractivity contribution in [1.82, 2.24) is 20.2 Å². The van der Waals surface area contributed by atoms with Crippen LogP contribution in [0.4, 0.5) is 17.5 Å². The predicted molar refractivity (Wildman–Crippen MR) is 110 cm³/mol. The molecule has 2 N–H and O–H groups in total. The number of anilines is 3. The fourth-order valence-corrected chi connectivity index (χ4v) is 2.96. The normalized spacial score (nSPS) is 12.7. The summed E-state index contributed by atoms with van der Waals surface area (Å²) in [7, 11) is 3.65.